The van der Waals surface area contributed by atoms with Crippen LogP contribution < -0.4 is 26.0 Å². The number of H-pyrrole nitrogens is 2. The summed E-state index contributed by atoms with van der Waals surface area (Å²) in [5.74, 6) is -2.26. The molecule has 5 rings (SSSR count). The van der Waals surface area contributed by atoms with Crippen LogP contribution in [-0.2, 0) is 14.4 Å². The fraction of sp³-hybridized carbons (Fsp3) is 0.367. The maximum absolute atomic E-state index is 12.4. The van der Waals surface area contributed by atoms with Crippen LogP contribution >= 0.6 is 11.8 Å². The fourth-order valence-corrected chi connectivity index (χ4v) is 5.98. The third kappa shape index (κ3) is 8.53. The minimum absolute atomic E-state index is 0.0879. The van der Waals surface area contributed by atoms with E-state index in [1.165, 1.54) is 0 Å². The van der Waals surface area contributed by atoms with E-state index in [9.17, 15) is 29.4 Å². The van der Waals surface area contributed by atoms with Crippen LogP contribution in [0.5, 0.6) is 5.75 Å². The standard InChI is InChI=1S/C30H34N6O8S/c37-20(16-44-23-3-1-2-21-26(23)34-29(43)32-21)15-31-18-10-12-36(13-11-18)19-6-4-17(5-7-19)14-24-27(40)35-30(45-24)33-22(28(41)42)8-9-25(38)39/h1-7,14,18,20,22,31,37H,8-13,15-16H2,(H,38,39)(H,41,42)(H2,32,34,43)(H,33,35,40)/b24-14-. The number of carbonyl (C=O) groups excluding carboxylic acids is 1. The quantitative estimate of drug-likeness (QED) is 0.134. The number of nitrogens with zero attached hydrogens (tertiary/aromatic N) is 2. The van der Waals surface area contributed by atoms with Crippen molar-refractivity contribution in [3.05, 3.63) is 63.4 Å². The van der Waals surface area contributed by atoms with Crippen LogP contribution in [0.15, 0.2) is 57.2 Å². The van der Waals surface area contributed by atoms with Crippen LogP contribution in [0.25, 0.3) is 17.1 Å². The molecule has 0 bridgehead atoms. The molecular formula is C30H34N6O8S. The lowest BCUT2D eigenvalue weighted by atomic mass is 10.0. The number of carboxylic acid groups (broad SMARTS) is 2. The number of aromatic nitrogens is 2. The highest BCUT2D eigenvalue weighted by atomic mass is 32.2. The first kappa shape index (κ1) is 31.8. The summed E-state index contributed by atoms with van der Waals surface area (Å²) in [4.78, 5) is 58.3. The van der Waals surface area contributed by atoms with Crippen molar-refractivity contribution in [2.24, 2.45) is 4.99 Å². The van der Waals surface area contributed by atoms with E-state index in [1.807, 2.05) is 24.3 Å². The number of hydrogen-bond acceptors (Lipinski definition) is 10. The van der Waals surface area contributed by atoms with Gasteiger partial charge in [-0.2, -0.15) is 0 Å². The number of rotatable bonds is 13. The lowest BCUT2D eigenvalue weighted by Crippen LogP contribution is -2.45. The average Bonchev–Trinajstić information content (AvgIpc) is 3.58. The molecule has 2 aromatic carbocycles. The van der Waals surface area contributed by atoms with Gasteiger partial charge < -0.3 is 45.6 Å². The minimum Gasteiger partial charge on any atom is -0.489 e. The van der Waals surface area contributed by atoms with E-state index in [4.69, 9.17) is 9.84 Å². The number of aliphatic carboxylic acids is 2. The summed E-state index contributed by atoms with van der Waals surface area (Å²) in [6, 6.07) is 12.1. The molecular weight excluding hydrogens is 604 g/mol. The number of amidine groups is 1. The highest BCUT2D eigenvalue weighted by molar-refractivity contribution is 8.18. The Morgan fingerprint density at radius 1 is 1.11 bits per heavy atom. The summed E-state index contributed by atoms with van der Waals surface area (Å²) >= 11 is 1.02. The van der Waals surface area contributed by atoms with Crippen molar-refractivity contribution < 1.29 is 34.4 Å². The number of nitrogens with one attached hydrogen (secondary N) is 4. The summed E-state index contributed by atoms with van der Waals surface area (Å²) in [6.45, 7) is 2.13. The van der Waals surface area contributed by atoms with Crippen LogP contribution in [0.1, 0.15) is 31.2 Å². The van der Waals surface area contributed by atoms with Crippen LogP contribution in [-0.4, -0.2) is 92.7 Å². The Kier molecular flexibility index (Phi) is 10.2. The maximum atomic E-state index is 12.4. The van der Waals surface area contributed by atoms with Gasteiger partial charge in [-0.3, -0.25) is 9.59 Å². The number of benzene rings is 2. The van der Waals surface area contributed by atoms with E-state index in [0.29, 0.717) is 28.2 Å². The van der Waals surface area contributed by atoms with Gasteiger partial charge in [-0.1, -0.05) is 18.2 Å². The molecule has 0 spiro atoms. The predicted molar refractivity (Wildman–Crippen MR) is 170 cm³/mol. The van der Waals surface area contributed by atoms with Gasteiger partial charge >= 0.3 is 17.6 Å². The number of aromatic amines is 2. The molecule has 1 amide bonds. The monoisotopic (exact) mass is 638 g/mol. The highest BCUT2D eigenvalue weighted by Crippen LogP contribution is 2.28. The molecule has 2 atom stereocenters. The van der Waals surface area contributed by atoms with E-state index in [2.05, 4.69) is 30.5 Å². The van der Waals surface area contributed by atoms with Gasteiger partial charge in [0.25, 0.3) is 5.91 Å². The lowest BCUT2D eigenvalue weighted by Gasteiger charge is -2.34. The zero-order chi connectivity index (χ0) is 31.9. The zero-order valence-electron chi connectivity index (χ0n) is 24.2. The lowest BCUT2D eigenvalue weighted by molar-refractivity contribution is -0.139. The summed E-state index contributed by atoms with van der Waals surface area (Å²) in [5.41, 5.74) is 2.75. The topological polar surface area (TPSA) is 209 Å². The first-order chi connectivity index (χ1) is 21.6. The highest BCUT2D eigenvalue weighted by Gasteiger charge is 2.27. The van der Waals surface area contributed by atoms with Crippen LogP contribution in [0.2, 0.25) is 0 Å². The molecule has 3 heterocycles. The summed E-state index contributed by atoms with van der Waals surface area (Å²) in [5, 5.41) is 34.7. The molecule has 7 N–H and O–H groups in total. The van der Waals surface area contributed by atoms with E-state index in [-0.39, 0.29) is 36.3 Å². The van der Waals surface area contributed by atoms with Gasteiger partial charge in [-0.25, -0.2) is 14.6 Å². The van der Waals surface area contributed by atoms with Crippen molar-refractivity contribution >= 4 is 57.6 Å². The Labute approximate surface area is 261 Å². The Balaban J connectivity index is 1.07. The van der Waals surface area contributed by atoms with Gasteiger partial charge in [0.15, 0.2) is 11.2 Å². The number of ether oxygens (including phenoxy) is 1. The summed E-state index contributed by atoms with van der Waals surface area (Å²) in [7, 11) is 0. The Morgan fingerprint density at radius 3 is 2.58 bits per heavy atom. The summed E-state index contributed by atoms with van der Waals surface area (Å²) < 4.78 is 5.75. The van der Waals surface area contributed by atoms with Crippen LogP contribution in [0, 0.1) is 0 Å². The third-order valence-electron chi connectivity index (χ3n) is 7.48. The molecule has 3 aromatic rings. The second kappa shape index (κ2) is 14.5. The van der Waals surface area contributed by atoms with Crippen molar-refractivity contribution in [3.8, 4) is 5.75 Å². The second-order valence-electron chi connectivity index (χ2n) is 10.8. The van der Waals surface area contributed by atoms with Crippen molar-refractivity contribution in [2.75, 3.05) is 31.1 Å². The molecule has 238 valence electrons. The van der Waals surface area contributed by atoms with Gasteiger partial charge in [0.1, 0.15) is 24.0 Å². The van der Waals surface area contributed by atoms with Gasteiger partial charge in [0, 0.05) is 37.8 Å². The molecule has 0 radical (unpaired) electrons. The van der Waals surface area contributed by atoms with Crippen LogP contribution in [0.3, 0.4) is 0 Å². The van der Waals surface area contributed by atoms with Crippen molar-refractivity contribution in [3.63, 3.8) is 0 Å². The minimum atomic E-state index is -1.26. The normalized spacial score (nSPS) is 18.8. The second-order valence-corrected chi connectivity index (χ2v) is 11.8. The predicted octanol–water partition coefficient (Wildman–Crippen LogP) is 1.73. The number of thioether (sulfide) groups is 1. The molecule has 2 aliphatic heterocycles. The van der Waals surface area contributed by atoms with Gasteiger partial charge in [0.05, 0.1) is 10.4 Å². The number of hydrogen-bond donors (Lipinski definition) is 7. The number of piperidine rings is 1. The number of para-hydroxylation sites is 1. The Bertz CT molecular complexity index is 1660. The first-order valence-corrected chi connectivity index (χ1v) is 15.3. The number of aliphatic imine (C=N–C) groups is 1. The molecule has 1 aromatic heterocycles. The smallest absolute Gasteiger partial charge is 0.328 e. The number of carbonyl (C=O) groups is 3. The van der Waals surface area contributed by atoms with E-state index in [0.717, 1.165) is 48.9 Å². The first-order valence-electron chi connectivity index (χ1n) is 14.5. The number of imidazole rings is 1. The molecule has 2 saturated heterocycles. The van der Waals surface area contributed by atoms with E-state index < -0.39 is 30.0 Å². The SMILES string of the molecule is O=C(O)CCC(N=C1NC(=O)/C(=C/c2ccc(N3CCC(NCC(O)COc4cccc5[nH]c(=O)[nH]c45)CC3)cc2)S1)C(=O)O. The number of anilines is 1. The van der Waals surface area contributed by atoms with Gasteiger partial charge in [-0.05, 0) is 66.9 Å². The van der Waals surface area contributed by atoms with Crippen LogP contribution in [0.4, 0.5) is 5.69 Å². The zero-order valence-corrected chi connectivity index (χ0v) is 25.0. The van der Waals surface area contributed by atoms with Gasteiger partial charge in [0.2, 0.25) is 0 Å². The number of aliphatic hydroxyl groups excluding tert-OH is 1. The summed E-state index contributed by atoms with van der Waals surface area (Å²) in [6.07, 6.45) is 2.25. The number of fused-ring (bicyclic) bond motifs is 1. The van der Waals surface area contributed by atoms with Crippen molar-refractivity contribution in [2.45, 2.75) is 43.9 Å². The Morgan fingerprint density at radius 2 is 1.87 bits per heavy atom. The maximum Gasteiger partial charge on any atom is 0.328 e. The number of amides is 1. The van der Waals surface area contributed by atoms with Crippen molar-refractivity contribution in [1.82, 2.24) is 20.6 Å². The fourth-order valence-electron chi connectivity index (χ4n) is 5.11. The number of carboxylic acids is 2. The molecule has 0 aliphatic carbocycles. The molecule has 45 heavy (non-hydrogen) atoms. The molecule has 2 fully saturated rings. The van der Waals surface area contributed by atoms with Gasteiger partial charge in [-0.15, -0.1) is 0 Å². The largest absolute Gasteiger partial charge is 0.489 e. The van der Waals surface area contributed by atoms with E-state index in [1.54, 1.807) is 24.3 Å². The molecule has 2 aliphatic rings. The molecule has 14 nitrogen and oxygen atoms in total. The average molecular weight is 639 g/mol. The van der Waals surface area contributed by atoms with Crippen molar-refractivity contribution in [1.29, 1.82) is 0 Å². The van der Waals surface area contributed by atoms with E-state index >= 15 is 0 Å². The number of aliphatic hydroxyl groups is 1. The molecule has 0 saturated carbocycles. The molecule has 15 heteroatoms. The Hall–Kier alpha value is -4.60. The third-order valence-corrected chi connectivity index (χ3v) is 8.40. The molecule has 2 unspecified atom stereocenters.